The lowest BCUT2D eigenvalue weighted by atomic mass is 10.1. The van der Waals surface area contributed by atoms with Crippen LogP contribution >= 0.6 is 11.3 Å². The second-order valence-electron chi connectivity index (χ2n) is 7.24. The van der Waals surface area contributed by atoms with Gasteiger partial charge in [-0.15, -0.1) is 11.3 Å². The van der Waals surface area contributed by atoms with E-state index in [1.54, 1.807) is 35.0 Å². The van der Waals surface area contributed by atoms with Crippen LogP contribution in [0.1, 0.15) is 12.0 Å². The van der Waals surface area contributed by atoms with E-state index in [9.17, 15) is 13.2 Å². The van der Waals surface area contributed by atoms with E-state index in [1.807, 2.05) is 18.2 Å². The highest BCUT2D eigenvalue weighted by Gasteiger charge is 2.36. The van der Waals surface area contributed by atoms with Gasteiger partial charge in [-0.1, -0.05) is 0 Å². The first-order valence-electron chi connectivity index (χ1n) is 9.41. The number of benzene rings is 2. The molecule has 0 unspecified atom stereocenters. The molecule has 0 spiro atoms. The Morgan fingerprint density at radius 2 is 2.14 bits per heavy atom. The number of amides is 1. The van der Waals surface area contributed by atoms with Crippen molar-refractivity contribution in [2.24, 2.45) is 5.92 Å². The summed E-state index contributed by atoms with van der Waals surface area (Å²) in [5, 5.41) is 2.90. The molecule has 1 saturated heterocycles. The second kappa shape index (κ2) is 7.08. The maximum Gasteiger partial charge on any atom is 0.243 e. The van der Waals surface area contributed by atoms with E-state index in [-0.39, 0.29) is 23.3 Å². The minimum atomic E-state index is -3.63. The molecule has 1 aromatic heterocycles. The first kappa shape index (κ1) is 18.5. The summed E-state index contributed by atoms with van der Waals surface area (Å²) < 4.78 is 34.0. The molecule has 2 aromatic carbocycles. The highest BCUT2D eigenvalue weighted by molar-refractivity contribution is 7.89. The van der Waals surface area contributed by atoms with Crippen molar-refractivity contribution in [3.63, 3.8) is 0 Å². The standard InChI is InChI=1S/C20H19N3O4S2/c24-20(22-15-1-4-19-17(10-15)21-12-28-19)14-5-7-23(11-14)29(25,26)16-2-3-18-13(9-16)6-8-27-18/h1-4,9-10,12,14H,5-8,11H2,(H,22,24)/t14-/m0/s1. The number of hydrogen-bond acceptors (Lipinski definition) is 6. The molecule has 1 atom stereocenters. The lowest BCUT2D eigenvalue weighted by Gasteiger charge is -2.17. The molecule has 2 aliphatic heterocycles. The van der Waals surface area contributed by atoms with Crippen molar-refractivity contribution in [1.82, 2.24) is 9.29 Å². The number of fused-ring (bicyclic) bond motifs is 2. The molecular formula is C20H19N3O4S2. The topological polar surface area (TPSA) is 88.6 Å². The minimum Gasteiger partial charge on any atom is -0.493 e. The van der Waals surface area contributed by atoms with Crippen molar-refractivity contribution < 1.29 is 17.9 Å². The molecule has 0 radical (unpaired) electrons. The number of carbonyl (C=O) groups excluding carboxylic acids is 1. The minimum absolute atomic E-state index is 0.167. The number of nitrogens with one attached hydrogen (secondary N) is 1. The summed E-state index contributed by atoms with van der Waals surface area (Å²) in [6.45, 7) is 1.09. The molecule has 0 saturated carbocycles. The third-order valence-electron chi connectivity index (χ3n) is 5.42. The lowest BCUT2D eigenvalue weighted by Crippen LogP contribution is -2.31. The third kappa shape index (κ3) is 3.39. The zero-order valence-corrected chi connectivity index (χ0v) is 17.1. The highest BCUT2D eigenvalue weighted by Crippen LogP contribution is 2.31. The van der Waals surface area contributed by atoms with E-state index < -0.39 is 10.0 Å². The summed E-state index contributed by atoms with van der Waals surface area (Å²) in [5.74, 6) is 0.202. The fourth-order valence-corrected chi connectivity index (χ4v) is 6.02. The van der Waals surface area contributed by atoms with Crippen LogP contribution in [0.3, 0.4) is 0 Å². The molecule has 3 aromatic rings. The summed E-state index contributed by atoms with van der Waals surface area (Å²) >= 11 is 1.54. The van der Waals surface area contributed by atoms with Crippen LogP contribution in [0, 0.1) is 5.92 Å². The molecule has 1 amide bonds. The maximum atomic E-state index is 13.0. The summed E-state index contributed by atoms with van der Waals surface area (Å²) in [7, 11) is -3.63. The average Bonchev–Trinajstić information content (AvgIpc) is 3.46. The Balaban J connectivity index is 1.29. The van der Waals surface area contributed by atoms with Gasteiger partial charge < -0.3 is 10.1 Å². The number of anilines is 1. The fraction of sp³-hybridized carbons (Fsp3) is 0.300. The average molecular weight is 430 g/mol. The van der Waals surface area contributed by atoms with Gasteiger partial charge in [0.15, 0.2) is 0 Å². The number of carbonyl (C=O) groups is 1. The lowest BCUT2D eigenvalue weighted by molar-refractivity contribution is -0.119. The molecule has 2 aliphatic rings. The summed E-state index contributed by atoms with van der Waals surface area (Å²) in [6, 6.07) is 10.6. The van der Waals surface area contributed by atoms with Crippen LogP contribution in [0.5, 0.6) is 5.75 Å². The van der Waals surface area contributed by atoms with Crippen molar-refractivity contribution in [2.45, 2.75) is 17.7 Å². The van der Waals surface area contributed by atoms with Gasteiger partial charge in [0.1, 0.15) is 5.75 Å². The molecule has 9 heteroatoms. The Bertz CT molecular complexity index is 1210. The summed E-state index contributed by atoms with van der Waals surface area (Å²) in [4.78, 5) is 17.2. The predicted molar refractivity (Wildman–Crippen MR) is 111 cm³/mol. The summed E-state index contributed by atoms with van der Waals surface area (Å²) in [6.07, 6.45) is 1.21. The molecular weight excluding hydrogens is 410 g/mol. The van der Waals surface area contributed by atoms with E-state index in [1.165, 1.54) is 4.31 Å². The van der Waals surface area contributed by atoms with Gasteiger partial charge in [-0.3, -0.25) is 4.79 Å². The van der Waals surface area contributed by atoms with Gasteiger partial charge in [0.2, 0.25) is 15.9 Å². The quantitative estimate of drug-likeness (QED) is 0.689. The number of aromatic nitrogens is 1. The third-order valence-corrected chi connectivity index (χ3v) is 8.09. The Kier molecular flexibility index (Phi) is 4.53. The molecule has 3 heterocycles. The van der Waals surface area contributed by atoms with E-state index in [0.29, 0.717) is 31.7 Å². The predicted octanol–water partition coefficient (Wildman–Crippen LogP) is 2.88. The van der Waals surface area contributed by atoms with Crippen molar-refractivity contribution in [3.05, 3.63) is 47.5 Å². The Morgan fingerprint density at radius 3 is 3.03 bits per heavy atom. The van der Waals surface area contributed by atoms with Crippen LogP contribution in [-0.2, 0) is 21.2 Å². The van der Waals surface area contributed by atoms with Crippen molar-refractivity contribution in [1.29, 1.82) is 0 Å². The van der Waals surface area contributed by atoms with Crippen molar-refractivity contribution in [2.75, 3.05) is 25.0 Å². The molecule has 29 heavy (non-hydrogen) atoms. The fourth-order valence-electron chi connectivity index (χ4n) is 3.81. The van der Waals surface area contributed by atoms with Gasteiger partial charge in [-0.05, 0) is 48.4 Å². The molecule has 1 N–H and O–H groups in total. The molecule has 150 valence electrons. The smallest absolute Gasteiger partial charge is 0.243 e. The van der Waals surface area contributed by atoms with Gasteiger partial charge in [-0.2, -0.15) is 4.31 Å². The first-order valence-corrected chi connectivity index (χ1v) is 11.7. The van der Waals surface area contributed by atoms with E-state index in [0.717, 1.165) is 21.5 Å². The summed E-state index contributed by atoms with van der Waals surface area (Å²) in [5.41, 5.74) is 4.19. The maximum absolute atomic E-state index is 13.0. The van der Waals surface area contributed by atoms with Gasteiger partial charge >= 0.3 is 0 Å². The molecule has 0 aliphatic carbocycles. The van der Waals surface area contributed by atoms with Crippen LogP contribution in [-0.4, -0.2) is 43.3 Å². The normalized spacial score (nSPS) is 19.2. The van der Waals surface area contributed by atoms with Crippen LogP contribution in [0.15, 0.2) is 46.8 Å². The number of hydrogen-bond donors (Lipinski definition) is 1. The zero-order chi connectivity index (χ0) is 20.0. The number of rotatable bonds is 4. The van der Waals surface area contributed by atoms with E-state index in [4.69, 9.17) is 4.74 Å². The monoisotopic (exact) mass is 429 g/mol. The van der Waals surface area contributed by atoms with Gasteiger partial charge in [-0.25, -0.2) is 13.4 Å². The zero-order valence-electron chi connectivity index (χ0n) is 15.5. The Morgan fingerprint density at radius 1 is 1.24 bits per heavy atom. The van der Waals surface area contributed by atoms with Crippen LogP contribution in [0.4, 0.5) is 5.69 Å². The largest absolute Gasteiger partial charge is 0.493 e. The number of thiazole rings is 1. The SMILES string of the molecule is O=C(Nc1ccc2scnc2c1)[C@H]1CCN(S(=O)(=O)c2ccc3c(c2)CCO3)C1. The Labute approximate surface area is 172 Å². The Hall–Kier alpha value is -2.49. The number of ether oxygens (including phenoxy) is 1. The molecule has 7 nitrogen and oxygen atoms in total. The van der Waals surface area contributed by atoms with E-state index in [2.05, 4.69) is 10.3 Å². The highest BCUT2D eigenvalue weighted by atomic mass is 32.2. The van der Waals surface area contributed by atoms with Gasteiger partial charge in [0.25, 0.3) is 0 Å². The second-order valence-corrected chi connectivity index (χ2v) is 10.1. The van der Waals surface area contributed by atoms with Crippen LogP contribution in [0.25, 0.3) is 10.2 Å². The van der Waals surface area contributed by atoms with Gasteiger partial charge in [0.05, 0.1) is 33.1 Å². The van der Waals surface area contributed by atoms with Gasteiger partial charge in [0, 0.05) is 25.2 Å². The number of sulfonamides is 1. The van der Waals surface area contributed by atoms with Crippen LogP contribution in [0.2, 0.25) is 0 Å². The molecule has 5 rings (SSSR count). The van der Waals surface area contributed by atoms with E-state index >= 15 is 0 Å². The van der Waals surface area contributed by atoms with Crippen molar-refractivity contribution in [3.8, 4) is 5.75 Å². The molecule has 0 bridgehead atoms. The van der Waals surface area contributed by atoms with Crippen molar-refractivity contribution >= 4 is 43.2 Å². The number of nitrogens with zero attached hydrogens (tertiary/aromatic N) is 2. The first-order chi connectivity index (χ1) is 14.0. The molecule has 1 fully saturated rings. The van der Waals surface area contributed by atoms with Crippen LogP contribution < -0.4 is 10.1 Å².